The molecular formula is C22H19F3N4O3. The first kappa shape index (κ1) is 21.5. The van der Waals surface area contributed by atoms with Crippen molar-refractivity contribution in [3.8, 4) is 0 Å². The minimum Gasteiger partial charge on any atom is -0.339 e. The first-order valence-electron chi connectivity index (χ1n) is 9.97. The lowest BCUT2D eigenvalue weighted by Gasteiger charge is -2.32. The molecular weight excluding hydrogens is 425 g/mol. The molecule has 2 aromatic carbocycles. The topological polar surface area (TPSA) is 95.2 Å². The van der Waals surface area contributed by atoms with Gasteiger partial charge in [0.2, 0.25) is 5.91 Å². The van der Waals surface area contributed by atoms with Crippen LogP contribution >= 0.6 is 0 Å². The lowest BCUT2D eigenvalue weighted by Crippen LogP contribution is -2.52. The van der Waals surface area contributed by atoms with Gasteiger partial charge in [-0.05, 0) is 36.6 Å². The van der Waals surface area contributed by atoms with Crippen molar-refractivity contribution < 1.29 is 22.8 Å². The Bertz CT molecular complexity index is 1240. The average Bonchev–Trinajstić information content (AvgIpc) is 2.76. The molecule has 4 rings (SSSR count). The first-order chi connectivity index (χ1) is 15.2. The van der Waals surface area contributed by atoms with Crippen LogP contribution in [0.15, 0.2) is 53.3 Å². The number of likely N-dealkylation sites (tertiary alicyclic amines) is 1. The number of nitrogens with one attached hydrogen (secondary N) is 2. The molecule has 0 aliphatic carbocycles. The van der Waals surface area contributed by atoms with Crippen molar-refractivity contribution in [3.05, 3.63) is 75.7 Å². The van der Waals surface area contributed by atoms with Gasteiger partial charge < -0.3 is 10.2 Å². The van der Waals surface area contributed by atoms with E-state index in [2.05, 4.69) is 15.5 Å². The van der Waals surface area contributed by atoms with Crippen molar-refractivity contribution in [1.29, 1.82) is 0 Å². The minimum atomic E-state index is -4.47. The number of aromatic amines is 1. The molecule has 10 heteroatoms. The van der Waals surface area contributed by atoms with E-state index in [1.54, 1.807) is 24.3 Å². The number of halogens is 3. The van der Waals surface area contributed by atoms with E-state index < -0.39 is 29.2 Å². The zero-order chi connectivity index (χ0) is 22.9. The van der Waals surface area contributed by atoms with E-state index in [1.165, 1.54) is 17.0 Å². The van der Waals surface area contributed by atoms with Gasteiger partial charge in [-0.1, -0.05) is 30.3 Å². The number of carbonyl (C=O) groups excluding carboxylic acids is 2. The van der Waals surface area contributed by atoms with E-state index in [0.717, 1.165) is 12.1 Å². The van der Waals surface area contributed by atoms with Gasteiger partial charge in [0.05, 0.1) is 10.9 Å². The number of carbonyl (C=O) groups is 2. The summed E-state index contributed by atoms with van der Waals surface area (Å²) in [6.45, 7) is 0.385. The fraction of sp³-hybridized carbons (Fsp3) is 0.273. The minimum absolute atomic E-state index is 0.00889. The second-order valence-electron chi connectivity index (χ2n) is 7.57. The molecule has 1 aliphatic heterocycles. The molecule has 2 N–H and O–H groups in total. The van der Waals surface area contributed by atoms with Crippen LogP contribution in [0, 0.1) is 0 Å². The number of amides is 2. The summed E-state index contributed by atoms with van der Waals surface area (Å²) < 4.78 is 38.9. The molecule has 0 saturated carbocycles. The Balaban J connectivity index is 1.50. The molecule has 1 aromatic heterocycles. The number of piperidine rings is 1. The van der Waals surface area contributed by atoms with Crippen LogP contribution in [0.4, 0.5) is 13.2 Å². The van der Waals surface area contributed by atoms with Gasteiger partial charge >= 0.3 is 6.18 Å². The molecule has 1 unspecified atom stereocenters. The summed E-state index contributed by atoms with van der Waals surface area (Å²) >= 11 is 0. The number of alkyl halides is 3. The number of hydrogen-bond donors (Lipinski definition) is 2. The van der Waals surface area contributed by atoms with Crippen molar-refractivity contribution >= 4 is 22.6 Å². The number of hydrogen-bond acceptors (Lipinski definition) is 4. The van der Waals surface area contributed by atoms with Gasteiger partial charge in [-0.3, -0.25) is 14.4 Å². The van der Waals surface area contributed by atoms with E-state index >= 15 is 0 Å². The van der Waals surface area contributed by atoms with Crippen LogP contribution in [0.3, 0.4) is 0 Å². The van der Waals surface area contributed by atoms with Gasteiger partial charge in [0.15, 0.2) is 5.69 Å². The van der Waals surface area contributed by atoms with Crippen LogP contribution in [0.1, 0.15) is 34.5 Å². The monoisotopic (exact) mass is 444 g/mol. The van der Waals surface area contributed by atoms with E-state index in [1.807, 2.05) is 0 Å². The van der Waals surface area contributed by atoms with E-state index in [9.17, 15) is 27.6 Å². The molecule has 1 aliphatic rings. The van der Waals surface area contributed by atoms with Crippen LogP contribution in [0.5, 0.6) is 0 Å². The van der Waals surface area contributed by atoms with Gasteiger partial charge in [0.1, 0.15) is 6.04 Å². The lowest BCUT2D eigenvalue weighted by molar-refractivity contribution is -0.137. The van der Waals surface area contributed by atoms with Crippen molar-refractivity contribution in [2.45, 2.75) is 31.6 Å². The molecule has 1 atom stereocenters. The Hall–Kier alpha value is -3.69. The predicted octanol–water partition coefficient (Wildman–Crippen LogP) is 2.86. The van der Waals surface area contributed by atoms with Crippen LogP contribution in [-0.2, 0) is 17.5 Å². The molecule has 166 valence electrons. The maximum atomic E-state index is 13.0. The number of fused-ring (bicyclic) bond motifs is 1. The van der Waals surface area contributed by atoms with Gasteiger partial charge in [-0.2, -0.15) is 18.3 Å². The summed E-state index contributed by atoms with van der Waals surface area (Å²) in [5, 5.41) is 9.43. The smallest absolute Gasteiger partial charge is 0.339 e. The molecule has 1 fully saturated rings. The van der Waals surface area contributed by atoms with Crippen molar-refractivity contribution in [3.63, 3.8) is 0 Å². The van der Waals surface area contributed by atoms with Gasteiger partial charge in [0, 0.05) is 18.5 Å². The SMILES string of the molecule is O=C(NC1CCCN(Cc2cccc(C(F)(F)F)c2)C1=O)c1n[nH]c(=O)c2ccccc12. The zero-order valence-electron chi connectivity index (χ0n) is 16.8. The van der Waals surface area contributed by atoms with Gasteiger partial charge in [-0.15, -0.1) is 0 Å². The molecule has 0 bridgehead atoms. The molecule has 7 nitrogen and oxygen atoms in total. The van der Waals surface area contributed by atoms with Crippen LogP contribution in [0.2, 0.25) is 0 Å². The number of rotatable bonds is 4. The molecule has 0 radical (unpaired) electrons. The van der Waals surface area contributed by atoms with Crippen LogP contribution < -0.4 is 10.9 Å². The standard InChI is InChI=1S/C22H19F3N4O3/c23-22(24,25)14-6-3-5-13(11-14)12-29-10-4-9-17(21(29)32)26-20(31)18-15-7-1-2-8-16(15)19(30)28-27-18/h1-3,5-8,11,17H,4,9-10,12H2,(H,26,31)(H,28,30). The Labute approximate surface area is 180 Å². The normalized spacial score (nSPS) is 16.9. The Kier molecular flexibility index (Phi) is 5.68. The molecule has 3 aromatic rings. The van der Waals surface area contributed by atoms with Crippen LogP contribution in [0.25, 0.3) is 10.8 Å². The second-order valence-corrected chi connectivity index (χ2v) is 7.57. The first-order valence-corrected chi connectivity index (χ1v) is 9.97. The van der Waals surface area contributed by atoms with E-state index in [-0.39, 0.29) is 18.1 Å². The molecule has 1 saturated heterocycles. The highest BCUT2D eigenvalue weighted by atomic mass is 19.4. The highest BCUT2D eigenvalue weighted by Gasteiger charge is 2.33. The third kappa shape index (κ3) is 4.34. The summed E-state index contributed by atoms with van der Waals surface area (Å²) in [4.78, 5) is 39.1. The summed E-state index contributed by atoms with van der Waals surface area (Å²) in [6, 6.07) is 10.5. The third-order valence-electron chi connectivity index (χ3n) is 5.37. The second kappa shape index (κ2) is 8.45. The Morgan fingerprint density at radius 3 is 2.62 bits per heavy atom. The molecule has 0 spiro atoms. The number of benzene rings is 2. The molecule has 32 heavy (non-hydrogen) atoms. The molecule has 2 heterocycles. The predicted molar refractivity (Wildman–Crippen MR) is 110 cm³/mol. The fourth-order valence-electron chi connectivity index (χ4n) is 3.81. The van der Waals surface area contributed by atoms with Crippen molar-refractivity contribution in [2.24, 2.45) is 0 Å². The Morgan fingerprint density at radius 2 is 1.88 bits per heavy atom. The summed E-state index contributed by atoms with van der Waals surface area (Å²) in [7, 11) is 0. The maximum Gasteiger partial charge on any atom is 0.416 e. The molecule has 2 amide bonds. The fourth-order valence-corrected chi connectivity index (χ4v) is 3.81. The number of H-pyrrole nitrogens is 1. The largest absolute Gasteiger partial charge is 0.416 e. The van der Waals surface area contributed by atoms with Crippen molar-refractivity contribution in [2.75, 3.05) is 6.54 Å². The highest BCUT2D eigenvalue weighted by molar-refractivity contribution is 6.06. The van der Waals surface area contributed by atoms with Crippen molar-refractivity contribution in [1.82, 2.24) is 20.4 Å². The highest BCUT2D eigenvalue weighted by Crippen LogP contribution is 2.30. The van der Waals surface area contributed by atoms with E-state index in [0.29, 0.717) is 35.7 Å². The lowest BCUT2D eigenvalue weighted by atomic mass is 10.0. The summed E-state index contributed by atoms with van der Waals surface area (Å²) in [6.07, 6.45) is -3.49. The average molecular weight is 444 g/mol. The summed E-state index contributed by atoms with van der Waals surface area (Å²) in [5.74, 6) is -0.993. The maximum absolute atomic E-state index is 13.0. The van der Waals surface area contributed by atoms with E-state index in [4.69, 9.17) is 0 Å². The summed E-state index contributed by atoms with van der Waals surface area (Å²) in [5.41, 5.74) is -0.866. The number of aromatic nitrogens is 2. The number of nitrogens with zero attached hydrogens (tertiary/aromatic N) is 2. The zero-order valence-corrected chi connectivity index (χ0v) is 16.8. The quantitative estimate of drug-likeness (QED) is 0.647. The van der Waals surface area contributed by atoms with Crippen LogP contribution in [-0.4, -0.2) is 39.5 Å². The Morgan fingerprint density at radius 1 is 1.12 bits per heavy atom. The third-order valence-corrected chi connectivity index (χ3v) is 5.37. The van der Waals surface area contributed by atoms with Gasteiger partial charge in [-0.25, -0.2) is 5.10 Å². The van der Waals surface area contributed by atoms with Gasteiger partial charge in [0.25, 0.3) is 11.5 Å².